The van der Waals surface area contributed by atoms with Gasteiger partial charge in [-0.15, -0.1) is 0 Å². The van der Waals surface area contributed by atoms with Crippen molar-refractivity contribution in [1.29, 1.82) is 0 Å². The van der Waals surface area contributed by atoms with Gasteiger partial charge in [-0.05, 0) is 89.9 Å². The average molecular weight is 715 g/mol. The van der Waals surface area contributed by atoms with E-state index in [4.69, 9.17) is 14.2 Å². The molecule has 0 aliphatic carbocycles. The normalized spacial score (nSPS) is 12.5. The van der Waals surface area contributed by atoms with Crippen LogP contribution >= 0.6 is 0 Å². The highest BCUT2D eigenvalue weighted by atomic mass is 16.6. The Morgan fingerprint density at radius 1 is 0.412 bits per heavy atom. The Morgan fingerprint density at radius 3 is 1.18 bits per heavy atom. The molecule has 0 radical (unpaired) electrons. The van der Waals surface area contributed by atoms with E-state index in [0.717, 1.165) is 116 Å². The van der Waals surface area contributed by atoms with Crippen molar-refractivity contribution in [1.82, 2.24) is 0 Å². The molecule has 0 bridgehead atoms. The first-order valence-electron chi connectivity index (χ1n) is 21.1. The lowest BCUT2D eigenvalue weighted by atomic mass is 10.1. The molecule has 1 unspecified atom stereocenters. The Kier molecular flexibility index (Phi) is 38.1. The quantitative estimate of drug-likeness (QED) is 0.0276. The molecule has 0 aromatic carbocycles. The van der Waals surface area contributed by atoms with Crippen LogP contribution in [0.15, 0.2) is 48.6 Å². The zero-order valence-electron chi connectivity index (χ0n) is 33.4. The fourth-order valence-electron chi connectivity index (χ4n) is 5.65. The number of hydrogen-bond donors (Lipinski definition) is 0. The first-order chi connectivity index (χ1) is 25.0. The summed E-state index contributed by atoms with van der Waals surface area (Å²) < 4.78 is 16.6. The predicted octanol–water partition coefficient (Wildman–Crippen LogP) is 13.2. The molecule has 6 nitrogen and oxygen atoms in total. The van der Waals surface area contributed by atoms with Crippen LogP contribution in [0, 0.1) is 0 Å². The van der Waals surface area contributed by atoms with Gasteiger partial charge in [0.2, 0.25) is 0 Å². The number of rotatable bonds is 37. The molecule has 0 rings (SSSR count). The standard InChI is InChI=1S/C45H78O6/c1-4-7-10-13-16-19-20-21-22-23-24-27-29-32-35-38-44(47)50-41-42(51-45(48)39-36-33-30-26-18-15-12-9-6-3)40-49-43(46)37-34-31-28-25-17-14-11-8-5-2/h8-9,11-12,16,19,21-22,42H,4-7,10,13-15,17-18,20,23-41H2,1-3H3/b11-8-,12-9-,19-16-,22-21-. The average Bonchev–Trinajstić information content (AvgIpc) is 3.12. The molecule has 0 saturated heterocycles. The molecule has 0 aromatic rings. The van der Waals surface area contributed by atoms with Crippen LogP contribution < -0.4 is 0 Å². The summed E-state index contributed by atoms with van der Waals surface area (Å²) in [5, 5.41) is 0. The van der Waals surface area contributed by atoms with E-state index in [1.54, 1.807) is 0 Å². The van der Waals surface area contributed by atoms with Gasteiger partial charge < -0.3 is 14.2 Å². The summed E-state index contributed by atoms with van der Waals surface area (Å²) in [5.74, 6) is -0.931. The minimum atomic E-state index is -0.781. The molecule has 0 aromatic heterocycles. The fraction of sp³-hybridized carbons (Fsp3) is 0.756. The molecule has 0 heterocycles. The molecule has 0 fully saturated rings. The molecule has 0 aliphatic heterocycles. The Morgan fingerprint density at radius 2 is 0.765 bits per heavy atom. The van der Waals surface area contributed by atoms with Gasteiger partial charge in [-0.3, -0.25) is 14.4 Å². The van der Waals surface area contributed by atoms with E-state index < -0.39 is 6.10 Å². The van der Waals surface area contributed by atoms with Crippen molar-refractivity contribution in [3.63, 3.8) is 0 Å². The van der Waals surface area contributed by atoms with Crippen LogP contribution in [-0.2, 0) is 28.6 Å². The molecule has 0 amide bonds. The Labute approximate surface area is 314 Å². The summed E-state index contributed by atoms with van der Waals surface area (Å²) >= 11 is 0. The third-order valence-electron chi connectivity index (χ3n) is 8.80. The van der Waals surface area contributed by atoms with Gasteiger partial charge in [-0.1, -0.05) is 140 Å². The van der Waals surface area contributed by atoms with Crippen molar-refractivity contribution < 1.29 is 28.6 Å². The van der Waals surface area contributed by atoms with E-state index in [9.17, 15) is 14.4 Å². The van der Waals surface area contributed by atoms with Gasteiger partial charge in [-0.25, -0.2) is 0 Å². The van der Waals surface area contributed by atoms with Crippen LogP contribution in [0.2, 0.25) is 0 Å². The van der Waals surface area contributed by atoms with Gasteiger partial charge in [0.25, 0.3) is 0 Å². The van der Waals surface area contributed by atoms with E-state index in [1.807, 2.05) is 0 Å². The topological polar surface area (TPSA) is 78.9 Å². The van der Waals surface area contributed by atoms with E-state index in [-0.39, 0.29) is 31.1 Å². The highest BCUT2D eigenvalue weighted by Crippen LogP contribution is 2.13. The lowest BCUT2D eigenvalue weighted by Gasteiger charge is -2.18. The van der Waals surface area contributed by atoms with E-state index in [0.29, 0.717) is 19.3 Å². The number of carbonyl (C=O) groups is 3. The van der Waals surface area contributed by atoms with Crippen LogP contribution in [0.3, 0.4) is 0 Å². The molecule has 0 saturated carbocycles. The second-order valence-corrected chi connectivity index (χ2v) is 13.8. The molecular formula is C45H78O6. The minimum Gasteiger partial charge on any atom is -0.462 e. The lowest BCUT2D eigenvalue weighted by molar-refractivity contribution is -0.167. The molecule has 51 heavy (non-hydrogen) atoms. The van der Waals surface area contributed by atoms with Crippen LogP contribution in [0.1, 0.15) is 201 Å². The SMILES string of the molecule is CC/C=C\CCCCCCCC(=O)OCC(COC(=O)CCCCCCC/C=C\C/C=C\CCCCC)OC(=O)CCCCCCC/C=C\CC. The monoisotopic (exact) mass is 715 g/mol. The van der Waals surface area contributed by atoms with Gasteiger partial charge >= 0.3 is 17.9 Å². The predicted molar refractivity (Wildman–Crippen MR) is 215 cm³/mol. The Balaban J connectivity index is 4.36. The number of ether oxygens (including phenoxy) is 3. The number of allylic oxidation sites excluding steroid dienone is 8. The van der Waals surface area contributed by atoms with Crippen molar-refractivity contribution in [3.8, 4) is 0 Å². The van der Waals surface area contributed by atoms with Crippen molar-refractivity contribution >= 4 is 17.9 Å². The molecule has 0 N–H and O–H groups in total. The maximum absolute atomic E-state index is 12.6. The van der Waals surface area contributed by atoms with Crippen LogP contribution in [0.4, 0.5) is 0 Å². The van der Waals surface area contributed by atoms with Gasteiger partial charge in [-0.2, -0.15) is 0 Å². The van der Waals surface area contributed by atoms with Crippen LogP contribution in [0.25, 0.3) is 0 Å². The summed E-state index contributed by atoms with van der Waals surface area (Å²) in [6.07, 6.45) is 45.3. The maximum Gasteiger partial charge on any atom is 0.306 e. The number of unbranched alkanes of at least 4 members (excludes halogenated alkanes) is 18. The van der Waals surface area contributed by atoms with Crippen molar-refractivity contribution in [2.75, 3.05) is 13.2 Å². The first kappa shape index (κ1) is 48.4. The molecule has 294 valence electrons. The van der Waals surface area contributed by atoms with Gasteiger partial charge in [0.05, 0.1) is 0 Å². The first-order valence-corrected chi connectivity index (χ1v) is 21.1. The van der Waals surface area contributed by atoms with E-state index in [1.165, 1.54) is 44.9 Å². The summed E-state index contributed by atoms with van der Waals surface area (Å²) in [6, 6.07) is 0. The summed E-state index contributed by atoms with van der Waals surface area (Å²) in [7, 11) is 0. The van der Waals surface area contributed by atoms with Crippen molar-refractivity contribution in [2.45, 2.75) is 207 Å². The van der Waals surface area contributed by atoms with Crippen molar-refractivity contribution in [3.05, 3.63) is 48.6 Å². The minimum absolute atomic E-state index is 0.0867. The van der Waals surface area contributed by atoms with Gasteiger partial charge in [0.1, 0.15) is 13.2 Å². The smallest absolute Gasteiger partial charge is 0.306 e. The van der Waals surface area contributed by atoms with E-state index >= 15 is 0 Å². The van der Waals surface area contributed by atoms with Gasteiger partial charge in [0, 0.05) is 19.3 Å². The Bertz CT molecular complexity index is 918. The fourth-order valence-corrected chi connectivity index (χ4v) is 5.65. The van der Waals surface area contributed by atoms with Crippen LogP contribution in [-0.4, -0.2) is 37.2 Å². The third-order valence-corrected chi connectivity index (χ3v) is 8.80. The zero-order valence-corrected chi connectivity index (χ0v) is 33.4. The highest BCUT2D eigenvalue weighted by Gasteiger charge is 2.19. The lowest BCUT2D eigenvalue weighted by Crippen LogP contribution is -2.30. The number of carbonyl (C=O) groups excluding carboxylic acids is 3. The third kappa shape index (κ3) is 38.4. The zero-order chi connectivity index (χ0) is 37.3. The summed E-state index contributed by atoms with van der Waals surface area (Å²) in [4.78, 5) is 37.5. The molecule has 6 heteroatoms. The number of esters is 3. The number of hydrogen-bond acceptors (Lipinski definition) is 6. The molecule has 0 aliphatic rings. The highest BCUT2D eigenvalue weighted by molar-refractivity contribution is 5.71. The summed E-state index contributed by atoms with van der Waals surface area (Å²) in [6.45, 7) is 6.35. The van der Waals surface area contributed by atoms with E-state index in [2.05, 4.69) is 69.4 Å². The second kappa shape index (κ2) is 40.1. The maximum atomic E-state index is 12.6. The van der Waals surface area contributed by atoms with Crippen molar-refractivity contribution in [2.24, 2.45) is 0 Å². The summed E-state index contributed by atoms with van der Waals surface area (Å²) in [5.41, 5.74) is 0. The second-order valence-electron chi connectivity index (χ2n) is 13.8. The molecule has 1 atom stereocenters. The Hall–Kier alpha value is -2.63. The molecular weight excluding hydrogens is 636 g/mol. The van der Waals surface area contributed by atoms with Gasteiger partial charge in [0.15, 0.2) is 6.10 Å². The largest absolute Gasteiger partial charge is 0.462 e. The van der Waals surface area contributed by atoms with Crippen LogP contribution in [0.5, 0.6) is 0 Å². The molecule has 0 spiro atoms.